The lowest BCUT2D eigenvalue weighted by Gasteiger charge is -2.12. The zero-order chi connectivity index (χ0) is 16.5. The van der Waals surface area contributed by atoms with E-state index >= 15 is 0 Å². The van der Waals surface area contributed by atoms with Gasteiger partial charge in [-0.25, -0.2) is 0 Å². The monoisotopic (exact) mass is 348 g/mol. The third kappa shape index (κ3) is 4.49. The summed E-state index contributed by atoms with van der Waals surface area (Å²) in [5.41, 5.74) is 5.45. The average Bonchev–Trinajstić information content (AvgIpc) is 2.76. The Morgan fingerprint density at radius 3 is 2.35 bits per heavy atom. The molecule has 0 bridgehead atoms. The Morgan fingerprint density at radius 1 is 1.22 bits per heavy atom. The van der Waals surface area contributed by atoms with E-state index in [0.717, 1.165) is 12.1 Å². The van der Waals surface area contributed by atoms with Crippen LogP contribution in [0.4, 0.5) is 18.9 Å². The molecule has 8 heteroatoms. The molecule has 2 rings (SSSR count). The van der Waals surface area contributed by atoms with Crippen molar-refractivity contribution in [1.29, 1.82) is 0 Å². The summed E-state index contributed by atoms with van der Waals surface area (Å²) in [4.78, 5) is 12.1. The van der Waals surface area contributed by atoms with Crippen LogP contribution in [0, 0.1) is 13.8 Å². The number of benzene rings is 1. The molecule has 126 valence electrons. The largest absolute Gasteiger partial charge is 0.456 e. The van der Waals surface area contributed by atoms with Crippen molar-refractivity contribution < 1.29 is 22.4 Å². The molecule has 2 aromatic rings. The van der Waals surface area contributed by atoms with E-state index in [1.165, 1.54) is 6.07 Å². The van der Waals surface area contributed by atoms with Gasteiger partial charge in [0.1, 0.15) is 5.76 Å². The van der Waals surface area contributed by atoms with Gasteiger partial charge in [-0.05, 0) is 43.7 Å². The summed E-state index contributed by atoms with van der Waals surface area (Å²) in [6.45, 7) is 3.30. The summed E-state index contributed by atoms with van der Waals surface area (Å²) in [5.74, 6) is 0.0199. The Kier molecular flexibility index (Phi) is 5.85. The maximum Gasteiger partial charge on any atom is 0.416 e. The number of aryl methyl sites for hydroxylation is 2. The van der Waals surface area contributed by atoms with Gasteiger partial charge in [-0.2, -0.15) is 13.2 Å². The minimum absolute atomic E-state index is 0. The van der Waals surface area contributed by atoms with E-state index in [-0.39, 0.29) is 36.0 Å². The molecule has 0 aliphatic carbocycles. The quantitative estimate of drug-likeness (QED) is 0.879. The van der Waals surface area contributed by atoms with Gasteiger partial charge >= 0.3 is 6.18 Å². The minimum Gasteiger partial charge on any atom is -0.456 e. The normalized spacial score (nSPS) is 11.0. The zero-order valence-corrected chi connectivity index (χ0v) is 13.3. The van der Waals surface area contributed by atoms with Crippen LogP contribution < -0.4 is 11.1 Å². The molecule has 0 atom stereocenters. The molecule has 0 saturated heterocycles. The second-order valence-electron chi connectivity index (χ2n) is 4.94. The van der Waals surface area contributed by atoms with Crippen LogP contribution in [0.5, 0.6) is 0 Å². The molecule has 1 aromatic carbocycles. The number of furan rings is 1. The molecule has 4 nitrogen and oxygen atoms in total. The van der Waals surface area contributed by atoms with Crippen LogP contribution in [0.3, 0.4) is 0 Å². The SMILES string of the molecule is Cc1cc(C)c(C(=O)Nc2cc(CN)cc(C(F)(F)F)c2)o1.Cl. The van der Waals surface area contributed by atoms with Gasteiger partial charge in [0.2, 0.25) is 0 Å². The molecule has 3 N–H and O–H groups in total. The van der Waals surface area contributed by atoms with Crippen LogP contribution in [0.2, 0.25) is 0 Å². The summed E-state index contributed by atoms with van der Waals surface area (Å²) in [6.07, 6.45) is -4.51. The number of hydrogen-bond acceptors (Lipinski definition) is 3. The van der Waals surface area contributed by atoms with E-state index in [2.05, 4.69) is 5.32 Å². The van der Waals surface area contributed by atoms with Gasteiger partial charge in [0, 0.05) is 17.8 Å². The van der Waals surface area contributed by atoms with E-state index in [4.69, 9.17) is 10.2 Å². The molecular weight excluding hydrogens is 333 g/mol. The number of rotatable bonds is 3. The molecule has 0 spiro atoms. The van der Waals surface area contributed by atoms with E-state index in [1.807, 2.05) is 0 Å². The Morgan fingerprint density at radius 2 is 1.87 bits per heavy atom. The molecule has 0 radical (unpaired) electrons. The van der Waals surface area contributed by atoms with Crippen molar-refractivity contribution in [2.24, 2.45) is 5.73 Å². The van der Waals surface area contributed by atoms with E-state index in [0.29, 0.717) is 11.3 Å². The highest BCUT2D eigenvalue weighted by Crippen LogP contribution is 2.32. The maximum absolute atomic E-state index is 12.8. The molecule has 0 aliphatic heterocycles. The summed E-state index contributed by atoms with van der Waals surface area (Å²) < 4.78 is 43.8. The first kappa shape index (κ1) is 19.1. The lowest BCUT2D eigenvalue weighted by atomic mass is 10.1. The van der Waals surface area contributed by atoms with E-state index in [9.17, 15) is 18.0 Å². The van der Waals surface area contributed by atoms with Gasteiger partial charge in [0.05, 0.1) is 5.56 Å². The molecule has 0 unspecified atom stereocenters. The van der Waals surface area contributed by atoms with Gasteiger partial charge in [-0.1, -0.05) is 0 Å². The number of carbonyl (C=O) groups excluding carboxylic acids is 1. The van der Waals surface area contributed by atoms with Crippen molar-refractivity contribution in [3.63, 3.8) is 0 Å². The molecule has 23 heavy (non-hydrogen) atoms. The number of amides is 1. The second kappa shape index (κ2) is 7.06. The Labute approximate surface area is 137 Å². The fourth-order valence-electron chi connectivity index (χ4n) is 2.10. The summed E-state index contributed by atoms with van der Waals surface area (Å²) >= 11 is 0. The van der Waals surface area contributed by atoms with Gasteiger partial charge in [0.15, 0.2) is 5.76 Å². The number of halogens is 4. The highest BCUT2D eigenvalue weighted by Gasteiger charge is 2.31. The van der Waals surface area contributed by atoms with Crippen LogP contribution >= 0.6 is 12.4 Å². The molecule has 0 aliphatic rings. The first-order valence-corrected chi connectivity index (χ1v) is 6.50. The number of anilines is 1. The number of alkyl halides is 3. The van der Waals surface area contributed by atoms with Gasteiger partial charge in [-0.3, -0.25) is 4.79 Å². The molecular formula is C15H16ClF3N2O2. The number of nitrogens with two attached hydrogens (primary N) is 1. The standard InChI is InChI=1S/C15H15F3N2O2.ClH/c1-8-3-9(2)22-13(8)14(21)20-12-5-10(7-19)4-11(6-12)15(16,17)18;/h3-6H,7,19H2,1-2H3,(H,20,21);1H. The van der Waals surface area contributed by atoms with Crippen molar-refractivity contribution in [1.82, 2.24) is 0 Å². The fourth-order valence-corrected chi connectivity index (χ4v) is 2.10. The number of carbonyl (C=O) groups is 1. The molecule has 1 aromatic heterocycles. The average molecular weight is 349 g/mol. The van der Waals surface area contributed by atoms with Gasteiger partial charge in [-0.15, -0.1) is 12.4 Å². The van der Waals surface area contributed by atoms with Crippen molar-refractivity contribution in [3.8, 4) is 0 Å². The van der Waals surface area contributed by atoms with E-state index < -0.39 is 17.6 Å². The maximum atomic E-state index is 12.8. The smallest absolute Gasteiger partial charge is 0.416 e. The highest BCUT2D eigenvalue weighted by molar-refractivity contribution is 6.03. The minimum atomic E-state index is -4.51. The predicted molar refractivity (Wildman–Crippen MR) is 82.7 cm³/mol. The Balaban J connectivity index is 0.00000264. The van der Waals surface area contributed by atoms with Crippen molar-refractivity contribution in [2.75, 3.05) is 5.32 Å². The molecule has 0 fully saturated rings. The fraction of sp³-hybridized carbons (Fsp3) is 0.267. The number of nitrogens with one attached hydrogen (secondary N) is 1. The van der Waals surface area contributed by atoms with Crippen LogP contribution in [-0.2, 0) is 12.7 Å². The lowest BCUT2D eigenvalue weighted by Crippen LogP contribution is -2.14. The van der Waals surface area contributed by atoms with Crippen molar-refractivity contribution in [2.45, 2.75) is 26.6 Å². The lowest BCUT2D eigenvalue weighted by molar-refractivity contribution is -0.137. The first-order valence-electron chi connectivity index (χ1n) is 6.50. The molecule has 1 heterocycles. The first-order chi connectivity index (χ1) is 10.2. The molecule has 1 amide bonds. The Hall–Kier alpha value is -1.99. The van der Waals surface area contributed by atoms with Crippen LogP contribution in [0.25, 0.3) is 0 Å². The van der Waals surface area contributed by atoms with Crippen LogP contribution in [0.15, 0.2) is 28.7 Å². The summed E-state index contributed by atoms with van der Waals surface area (Å²) in [5, 5.41) is 2.41. The van der Waals surface area contributed by atoms with E-state index in [1.54, 1.807) is 19.9 Å². The van der Waals surface area contributed by atoms with Gasteiger partial charge < -0.3 is 15.5 Å². The summed E-state index contributed by atoms with van der Waals surface area (Å²) in [6, 6.07) is 4.89. The van der Waals surface area contributed by atoms with Crippen LogP contribution in [0.1, 0.15) is 33.0 Å². The molecule has 0 saturated carbocycles. The van der Waals surface area contributed by atoms with Gasteiger partial charge in [0.25, 0.3) is 5.91 Å². The third-order valence-corrected chi connectivity index (χ3v) is 3.06. The van der Waals surface area contributed by atoms with Crippen LogP contribution in [-0.4, -0.2) is 5.91 Å². The highest BCUT2D eigenvalue weighted by atomic mass is 35.5. The number of hydrogen-bond donors (Lipinski definition) is 2. The van der Waals surface area contributed by atoms with Crippen molar-refractivity contribution in [3.05, 3.63) is 52.5 Å². The Bertz CT molecular complexity index is 711. The van der Waals surface area contributed by atoms with Crippen molar-refractivity contribution >= 4 is 24.0 Å². The second-order valence-corrected chi connectivity index (χ2v) is 4.94. The topological polar surface area (TPSA) is 68.3 Å². The third-order valence-electron chi connectivity index (χ3n) is 3.06. The zero-order valence-electron chi connectivity index (χ0n) is 12.5. The predicted octanol–water partition coefficient (Wildman–Crippen LogP) is 4.05. The summed E-state index contributed by atoms with van der Waals surface area (Å²) in [7, 11) is 0.